The summed E-state index contributed by atoms with van der Waals surface area (Å²) in [6.45, 7) is 3.82. The molecule has 0 fully saturated rings. The van der Waals surface area contributed by atoms with E-state index in [1.54, 1.807) is 13.8 Å². The molecule has 0 aliphatic carbocycles. The average Bonchev–Trinajstić information content (AvgIpc) is 3.07. The highest BCUT2D eigenvalue weighted by Gasteiger charge is 2.16. The molecule has 0 atom stereocenters. The molecule has 7 nitrogen and oxygen atoms in total. The Hall–Kier alpha value is -2.57. The van der Waals surface area contributed by atoms with Crippen LogP contribution in [0.1, 0.15) is 25.3 Å². The van der Waals surface area contributed by atoms with Crippen molar-refractivity contribution in [3.63, 3.8) is 0 Å². The number of hydrogen-bond donors (Lipinski definition) is 1. The molecule has 1 aromatic carbocycles. The van der Waals surface area contributed by atoms with Gasteiger partial charge in [-0.15, -0.1) is 5.10 Å². The number of carbonyl (C=O) groups excluding carboxylic acids is 1. The van der Waals surface area contributed by atoms with Gasteiger partial charge in [-0.1, -0.05) is 25.0 Å². The molecule has 7 heteroatoms. The van der Waals surface area contributed by atoms with Crippen molar-refractivity contribution < 1.29 is 18.7 Å². The lowest BCUT2D eigenvalue weighted by Crippen LogP contribution is -2.17. The molecule has 2 aromatic rings. The number of nitrogens with zero attached hydrogens (tertiary/aromatic N) is 2. The van der Waals surface area contributed by atoms with E-state index in [4.69, 9.17) is 13.9 Å². The average molecular weight is 289 g/mol. The van der Waals surface area contributed by atoms with E-state index in [0.29, 0.717) is 18.1 Å². The van der Waals surface area contributed by atoms with E-state index in [2.05, 4.69) is 15.5 Å². The van der Waals surface area contributed by atoms with Crippen molar-refractivity contribution in [3.8, 4) is 11.5 Å². The topological polar surface area (TPSA) is 86.5 Å². The summed E-state index contributed by atoms with van der Waals surface area (Å²) in [6.07, 6.45) is 0.460. The normalized spacial score (nSPS) is 12.7. The van der Waals surface area contributed by atoms with Crippen LogP contribution in [0.3, 0.4) is 0 Å². The van der Waals surface area contributed by atoms with Gasteiger partial charge in [0.2, 0.25) is 18.6 Å². The van der Waals surface area contributed by atoms with Gasteiger partial charge in [0.1, 0.15) is 0 Å². The number of hydrogen-bond acceptors (Lipinski definition) is 6. The lowest BCUT2D eigenvalue weighted by molar-refractivity contribution is -0.119. The molecule has 0 spiro atoms. The van der Waals surface area contributed by atoms with Crippen molar-refractivity contribution in [3.05, 3.63) is 29.7 Å². The van der Waals surface area contributed by atoms with Gasteiger partial charge in [-0.25, -0.2) is 0 Å². The molecule has 1 aromatic heterocycles. The maximum atomic E-state index is 11.5. The highest BCUT2D eigenvalue weighted by atomic mass is 16.7. The number of carbonyl (C=O) groups is 1. The quantitative estimate of drug-likeness (QED) is 0.926. The van der Waals surface area contributed by atoms with Gasteiger partial charge in [-0.05, 0) is 17.7 Å². The molecule has 2 heterocycles. The SMILES string of the molecule is CC(C)C(=O)Nc1nnc(Cc2ccc3c(c2)OCO3)o1. The predicted octanol–water partition coefficient (Wildman–Crippen LogP) is 1.98. The minimum Gasteiger partial charge on any atom is -0.454 e. The Balaban J connectivity index is 1.68. The van der Waals surface area contributed by atoms with Crippen molar-refractivity contribution in [2.24, 2.45) is 5.92 Å². The molecule has 21 heavy (non-hydrogen) atoms. The number of benzene rings is 1. The Morgan fingerprint density at radius 2 is 2.10 bits per heavy atom. The Morgan fingerprint density at radius 3 is 2.90 bits per heavy atom. The zero-order valence-electron chi connectivity index (χ0n) is 11.8. The van der Waals surface area contributed by atoms with Gasteiger partial charge in [0.25, 0.3) is 0 Å². The number of aromatic nitrogens is 2. The third kappa shape index (κ3) is 2.96. The Bertz CT molecular complexity index is 666. The second-order valence-corrected chi connectivity index (χ2v) is 5.01. The fourth-order valence-electron chi connectivity index (χ4n) is 1.85. The zero-order chi connectivity index (χ0) is 14.8. The van der Waals surface area contributed by atoms with Crippen LogP contribution >= 0.6 is 0 Å². The molecule has 0 radical (unpaired) electrons. The standard InChI is InChI=1S/C14H15N3O4/c1-8(2)13(18)15-14-17-16-12(21-14)6-9-3-4-10-11(5-9)20-7-19-10/h3-5,8H,6-7H2,1-2H3,(H,15,17,18). The van der Waals surface area contributed by atoms with Crippen LogP contribution in [0.4, 0.5) is 6.01 Å². The number of rotatable bonds is 4. The van der Waals surface area contributed by atoms with Crippen LogP contribution in [0, 0.1) is 5.92 Å². The van der Waals surface area contributed by atoms with Gasteiger partial charge in [0, 0.05) is 5.92 Å². The smallest absolute Gasteiger partial charge is 0.322 e. The summed E-state index contributed by atoms with van der Waals surface area (Å²) in [6, 6.07) is 5.74. The van der Waals surface area contributed by atoms with Crippen molar-refractivity contribution in [2.45, 2.75) is 20.3 Å². The second-order valence-electron chi connectivity index (χ2n) is 5.01. The Kier molecular flexibility index (Phi) is 3.47. The van der Waals surface area contributed by atoms with Crippen molar-refractivity contribution in [1.29, 1.82) is 0 Å². The van der Waals surface area contributed by atoms with E-state index in [1.807, 2.05) is 18.2 Å². The third-order valence-corrected chi connectivity index (χ3v) is 3.01. The lowest BCUT2D eigenvalue weighted by atomic mass is 10.1. The van der Waals surface area contributed by atoms with E-state index in [9.17, 15) is 4.79 Å². The van der Waals surface area contributed by atoms with Crippen LogP contribution in [0.2, 0.25) is 0 Å². The number of nitrogens with one attached hydrogen (secondary N) is 1. The van der Waals surface area contributed by atoms with Gasteiger partial charge >= 0.3 is 6.01 Å². The number of ether oxygens (including phenoxy) is 2. The molecule has 1 aliphatic heterocycles. The number of fused-ring (bicyclic) bond motifs is 1. The van der Waals surface area contributed by atoms with Crippen LogP contribution in [0.15, 0.2) is 22.6 Å². The Labute approximate surface area is 121 Å². The first-order valence-corrected chi connectivity index (χ1v) is 6.63. The molecular weight excluding hydrogens is 274 g/mol. The van der Waals surface area contributed by atoms with Crippen LogP contribution in [-0.4, -0.2) is 22.9 Å². The van der Waals surface area contributed by atoms with E-state index in [-0.39, 0.29) is 24.6 Å². The van der Waals surface area contributed by atoms with Gasteiger partial charge in [-0.3, -0.25) is 10.1 Å². The third-order valence-electron chi connectivity index (χ3n) is 3.01. The van der Waals surface area contributed by atoms with E-state index < -0.39 is 0 Å². The largest absolute Gasteiger partial charge is 0.454 e. The van der Waals surface area contributed by atoms with E-state index in [0.717, 1.165) is 11.3 Å². The molecule has 0 bridgehead atoms. The minimum absolute atomic E-state index is 0.115. The molecule has 0 saturated carbocycles. The fourth-order valence-corrected chi connectivity index (χ4v) is 1.85. The summed E-state index contributed by atoms with van der Waals surface area (Å²) < 4.78 is 16.0. The second kappa shape index (κ2) is 5.43. The van der Waals surface area contributed by atoms with Gasteiger partial charge in [0.05, 0.1) is 6.42 Å². The van der Waals surface area contributed by atoms with E-state index >= 15 is 0 Å². The van der Waals surface area contributed by atoms with Gasteiger partial charge < -0.3 is 13.9 Å². The van der Waals surface area contributed by atoms with Crippen LogP contribution in [0.5, 0.6) is 11.5 Å². The maximum absolute atomic E-state index is 11.5. The molecule has 3 rings (SSSR count). The van der Waals surface area contributed by atoms with Gasteiger partial charge in [-0.2, -0.15) is 0 Å². The molecule has 110 valence electrons. The highest BCUT2D eigenvalue weighted by molar-refractivity contribution is 5.89. The monoisotopic (exact) mass is 289 g/mol. The number of amides is 1. The maximum Gasteiger partial charge on any atom is 0.322 e. The minimum atomic E-state index is -0.159. The first-order valence-electron chi connectivity index (χ1n) is 6.63. The molecule has 1 amide bonds. The Morgan fingerprint density at radius 1 is 1.29 bits per heavy atom. The molecule has 1 aliphatic rings. The first kappa shape index (κ1) is 13.4. The summed E-state index contributed by atoms with van der Waals surface area (Å²) in [4.78, 5) is 11.5. The molecule has 0 unspecified atom stereocenters. The van der Waals surface area contributed by atoms with Crippen molar-refractivity contribution >= 4 is 11.9 Å². The zero-order valence-corrected chi connectivity index (χ0v) is 11.8. The van der Waals surface area contributed by atoms with Crippen LogP contribution in [-0.2, 0) is 11.2 Å². The van der Waals surface area contributed by atoms with Gasteiger partial charge in [0.15, 0.2) is 11.5 Å². The first-order chi connectivity index (χ1) is 10.1. The van der Waals surface area contributed by atoms with Crippen LogP contribution < -0.4 is 14.8 Å². The molecule has 0 saturated heterocycles. The lowest BCUT2D eigenvalue weighted by Gasteiger charge is -2.02. The molecule has 1 N–H and O–H groups in total. The summed E-state index contributed by atoms with van der Waals surface area (Å²) in [5.74, 6) is 1.56. The summed E-state index contributed by atoms with van der Waals surface area (Å²) in [5, 5.41) is 10.3. The molecular formula is C14H15N3O4. The summed E-state index contributed by atoms with van der Waals surface area (Å²) in [5.41, 5.74) is 0.963. The fraction of sp³-hybridized carbons (Fsp3) is 0.357. The van der Waals surface area contributed by atoms with E-state index in [1.165, 1.54) is 0 Å². The highest BCUT2D eigenvalue weighted by Crippen LogP contribution is 2.33. The number of anilines is 1. The summed E-state index contributed by atoms with van der Waals surface area (Å²) >= 11 is 0. The summed E-state index contributed by atoms with van der Waals surface area (Å²) in [7, 11) is 0. The predicted molar refractivity (Wildman–Crippen MR) is 73.1 cm³/mol. The van der Waals surface area contributed by atoms with Crippen molar-refractivity contribution in [2.75, 3.05) is 12.1 Å². The van der Waals surface area contributed by atoms with Crippen molar-refractivity contribution in [1.82, 2.24) is 10.2 Å². The van der Waals surface area contributed by atoms with Crippen LogP contribution in [0.25, 0.3) is 0 Å².